The standard InChI is InChI=1S/C13H19N3O3/c1-3-16(9-12(14)15-18)13(17)10-5-7-11(8-6-10)19-4-2/h5-8,18H,3-4,9H2,1-2H3,(H2,14,15). The molecule has 1 rings (SSSR count). The van der Waals surface area contributed by atoms with Crippen LogP contribution in [0.2, 0.25) is 0 Å². The normalized spacial score (nSPS) is 11.2. The number of likely N-dealkylation sites (N-methyl/N-ethyl adjacent to an activating group) is 1. The van der Waals surface area contributed by atoms with E-state index >= 15 is 0 Å². The minimum Gasteiger partial charge on any atom is -0.494 e. The molecule has 0 bridgehead atoms. The van der Waals surface area contributed by atoms with Crippen molar-refractivity contribution in [1.82, 2.24) is 4.90 Å². The average molecular weight is 265 g/mol. The highest BCUT2D eigenvalue weighted by Crippen LogP contribution is 2.13. The number of ether oxygens (including phenoxy) is 1. The van der Waals surface area contributed by atoms with Crippen molar-refractivity contribution in [3.05, 3.63) is 29.8 Å². The summed E-state index contributed by atoms with van der Waals surface area (Å²) < 4.78 is 5.31. The molecule has 0 saturated heterocycles. The molecule has 0 atom stereocenters. The summed E-state index contributed by atoms with van der Waals surface area (Å²) in [5, 5.41) is 11.4. The number of rotatable bonds is 6. The van der Waals surface area contributed by atoms with Crippen LogP contribution in [0.5, 0.6) is 5.75 Å². The monoisotopic (exact) mass is 265 g/mol. The molecular formula is C13H19N3O3. The Morgan fingerprint density at radius 1 is 1.37 bits per heavy atom. The Kier molecular flexibility index (Phi) is 5.66. The Hall–Kier alpha value is -2.24. The fourth-order valence-electron chi connectivity index (χ4n) is 1.60. The van der Waals surface area contributed by atoms with E-state index in [-0.39, 0.29) is 18.3 Å². The number of hydrogen-bond donors (Lipinski definition) is 2. The lowest BCUT2D eigenvalue weighted by Crippen LogP contribution is -2.38. The maximum atomic E-state index is 12.2. The summed E-state index contributed by atoms with van der Waals surface area (Å²) in [6, 6.07) is 6.88. The van der Waals surface area contributed by atoms with Crippen LogP contribution in [0.3, 0.4) is 0 Å². The quantitative estimate of drug-likeness (QED) is 0.351. The van der Waals surface area contributed by atoms with E-state index in [1.807, 2.05) is 13.8 Å². The summed E-state index contributed by atoms with van der Waals surface area (Å²) in [6.45, 7) is 4.88. The summed E-state index contributed by atoms with van der Waals surface area (Å²) in [4.78, 5) is 13.7. The third-order valence-corrected chi connectivity index (χ3v) is 2.56. The Labute approximate surface area is 112 Å². The highest BCUT2D eigenvalue weighted by Gasteiger charge is 2.15. The van der Waals surface area contributed by atoms with E-state index in [0.717, 1.165) is 5.75 Å². The first kappa shape index (κ1) is 14.8. The van der Waals surface area contributed by atoms with Crippen molar-refractivity contribution in [2.24, 2.45) is 10.9 Å². The van der Waals surface area contributed by atoms with Gasteiger partial charge in [0.1, 0.15) is 5.75 Å². The van der Waals surface area contributed by atoms with Crippen molar-refractivity contribution >= 4 is 11.7 Å². The molecule has 0 fully saturated rings. The van der Waals surface area contributed by atoms with Crippen LogP contribution in [0.25, 0.3) is 0 Å². The van der Waals surface area contributed by atoms with E-state index in [0.29, 0.717) is 18.7 Å². The highest BCUT2D eigenvalue weighted by molar-refractivity contribution is 5.97. The molecule has 0 heterocycles. The summed E-state index contributed by atoms with van der Waals surface area (Å²) in [5.74, 6) is 0.553. The fraction of sp³-hybridized carbons (Fsp3) is 0.385. The second-order valence-corrected chi connectivity index (χ2v) is 3.87. The van der Waals surface area contributed by atoms with Crippen LogP contribution in [0.15, 0.2) is 29.4 Å². The van der Waals surface area contributed by atoms with Crippen LogP contribution >= 0.6 is 0 Å². The van der Waals surface area contributed by atoms with Crippen molar-refractivity contribution in [1.29, 1.82) is 0 Å². The minimum atomic E-state index is -0.169. The van der Waals surface area contributed by atoms with Gasteiger partial charge < -0.3 is 20.6 Å². The number of nitrogens with two attached hydrogens (primary N) is 1. The number of amidine groups is 1. The number of benzene rings is 1. The van der Waals surface area contributed by atoms with Crippen LogP contribution in [-0.4, -0.2) is 41.5 Å². The molecule has 0 aliphatic rings. The van der Waals surface area contributed by atoms with Gasteiger partial charge in [-0.3, -0.25) is 4.79 Å². The van der Waals surface area contributed by atoms with Gasteiger partial charge in [-0.25, -0.2) is 0 Å². The molecule has 104 valence electrons. The van der Waals surface area contributed by atoms with Gasteiger partial charge in [0.25, 0.3) is 5.91 Å². The lowest BCUT2D eigenvalue weighted by molar-refractivity contribution is 0.0786. The summed E-state index contributed by atoms with van der Waals surface area (Å²) in [7, 11) is 0. The molecule has 0 aromatic heterocycles. The molecule has 6 nitrogen and oxygen atoms in total. The van der Waals surface area contributed by atoms with E-state index in [4.69, 9.17) is 15.7 Å². The number of carbonyl (C=O) groups excluding carboxylic acids is 1. The van der Waals surface area contributed by atoms with E-state index in [9.17, 15) is 4.79 Å². The summed E-state index contributed by atoms with van der Waals surface area (Å²) in [5.41, 5.74) is 5.95. The van der Waals surface area contributed by atoms with Crippen molar-refractivity contribution in [3.63, 3.8) is 0 Å². The maximum Gasteiger partial charge on any atom is 0.254 e. The Bertz CT molecular complexity index is 443. The lowest BCUT2D eigenvalue weighted by Gasteiger charge is -2.20. The first-order valence-electron chi connectivity index (χ1n) is 6.10. The Balaban J connectivity index is 2.79. The number of oxime groups is 1. The van der Waals surface area contributed by atoms with E-state index in [2.05, 4.69) is 5.16 Å². The summed E-state index contributed by atoms with van der Waals surface area (Å²) >= 11 is 0. The van der Waals surface area contributed by atoms with Crippen molar-refractivity contribution in [3.8, 4) is 5.75 Å². The van der Waals surface area contributed by atoms with Gasteiger partial charge in [0.05, 0.1) is 13.2 Å². The van der Waals surface area contributed by atoms with Gasteiger partial charge in [-0.1, -0.05) is 5.16 Å². The van der Waals surface area contributed by atoms with Crippen LogP contribution in [-0.2, 0) is 0 Å². The number of hydrogen-bond acceptors (Lipinski definition) is 4. The SMILES string of the molecule is CCOc1ccc(C(=O)N(CC)CC(N)=NO)cc1. The molecule has 0 radical (unpaired) electrons. The van der Waals surface area contributed by atoms with Crippen molar-refractivity contribution in [2.75, 3.05) is 19.7 Å². The minimum absolute atomic E-state index is 0.00105. The number of carbonyl (C=O) groups is 1. The Morgan fingerprint density at radius 3 is 2.47 bits per heavy atom. The third kappa shape index (κ3) is 4.17. The van der Waals surface area contributed by atoms with E-state index in [1.54, 1.807) is 24.3 Å². The first-order chi connectivity index (χ1) is 9.12. The molecule has 3 N–H and O–H groups in total. The van der Waals surface area contributed by atoms with Crippen molar-refractivity contribution < 1.29 is 14.7 Å². The van der Waals surface area contributed by atoms with Crippen LogP contribution in [0, 0.1) is 0 Å². The predicted octanol–water partition coefficient (Wildman–Crippen LogP) is 1.29. The van der Waals surface area contributed by atoms with Gasteiger partial charge in [-0.2, -0.15) is 0 Å². The third-order valence-electron chi connectivity index (χ3n) is 2.56. The number of nitrogens with zero attached hydrogens (tertiary/aromatic N) is 2. The zero-order chi connectivity index (χ0) is 14.3. The zero-order valence-electron chi connectivity index (χ0n) is 11.2. The molecule has 1 amide bonds. The molecular weight excluding hydrogens is 246 g/mol. The molecule has 1 aromatic carbocycles. The summed E-state index contributed by atoms with van der Waals surface area (Å²) in [6.07, 6.45) is 0. The van der Waals surface area contributed by atoms with Gasteiger partial charge in [0.2, 0.25) is 0 Å². The molecule has 0 aliphatic heterocycles. The molecule has 0 unspecified atom stereocenters. The van der Waals surface area contributed by atoms with E-state index < -0.39 is 0 Å². The zero-order valence-corrected chi connectivity index (χ0v) is 11.2. The molecule has 0 saturated carbocycles. The maximum absolute atomic E-state index is 12.2. The second-order valence-electron chi connectivity index (χ2n) is 3.87. The molecule has 19 heavy (non-hydrogen) atoms. The lowest BCUT2D eigenvalue weighted by atomic mass is 10.2. The van der Waals surface area contributed by atoms with Crippen LogP contribution in [0.1, 0.15) is 24.2 Å². The Morgan fingerprint density at radius 2 is 2.00 bits per heavy atom. The molecule has 0 aliphatic carbocycles. The fourth-order valence-corrected chi connectivity index (χ4v) is 1.60. The second kappa shape index (κ2) is 7.25. The van der Waals surface area contributed by atoms with Gasteiger partial charge in [0.15, 0.2) is 5.84 Å². The largest absolute Gasteiger partial charge is 0.494 e. The molecule has 1 aromatic rings. The highest BCUT2D eigenvalue weighted by atomic mass is 16.5. The van der Waals surface area contributed by atoms with Gasteiger partial charge in [-0.15, -0.1) is 0 Å². The smallest absolute Gasteiger partial charge is 0.254 e. The molecule has 6 heteroatoms. The number of amides is 1. The van der Waals surface area contributed by atoms with Gasteiger partial charge in [-0.05, 0) is 38.1 Å². The van der Waals surface area contributed by atoms with Gasteiger partial charge in [0, 0.05) is 12.1 Å². The first-order valence-corrected chi connectivity index (χ1v) is 6.10. The van der Waals surface area contributed by atoms with Crippen LogP contribution in [0.4, 0.5) is 0 Å². The van der Waals surface area contributed by atoms with Crippen molar-refractivity contribution in [2.45, 2.75) is 13.8 Å². The van der Waals surface area contributed by atoms with Gasteiger partial charge >= 0.3 is 0 Å². The predicted molar refractivity (Wildman–Crippen MR) is 72.6 cm³/mol. The topological polar surface area (TPSA) is 88.2 Å². The van der Waals surface area contributed by atoms with Crippen LogP contribution < -0.4 is 10.5 Å². The molecule has 0 spiro atoms. The average Bonchev–Trinajstić information content (AvgIpc) is 2.45. The van der Waals surface area contributed by atoms with E-state index in [1.165, 1.54) is 4.90 Å².